The topological polar surface area (TPSA) is 24.9 Å². The highest BCUT2D eigenvalue weighted by atomic mass is 32.1. The van der Waals surface area contributed by atoms with Gasteiger partial charge in [-0.25, -0.2) is 0 Å². The summed E-state index contributed by atoms with van der Waals surface area (Å²) < 4.78 is 36.6. The van der Waals surface area contributed by atoms with E-state index in [1.807, 2.05) is 0 Å². The summed E-state index contributed by atoms with van der Waals surface area (Å²) in [4.78, 5) is 3.37. The molecule has 1 aromatic heterocycles. The lowest BCUT2D eigenvalue weighted by Crippen LogP contribution is -2.15. The van der Waals surface area contributed by atoms with Gasteiger partial charge < -0.3 is 5.32 Å². The van der Waals surface area contributed by atoms with Crippen LogP contribution in [0.3, 0.4) is 0 Å². The molecule has 16 heavy (non-hydrogen) atoms. The molecular weight excluding hydrogens is 237 g/mol. The Labute approximate surface area is 97.7 Å². The monoisotopic (exact) mass is 250 g/mol. The van der Waals surface area contributed by atoms with Crippen molar-refractivity contribution in [3.8, 4) is 0 Å². The van der Waals surface area contributed by atoms with Gasteiger partial charge >= 0.3 is 6.18 Å². The minimum atomic E-state index is -4.36. The van der Waals surface area contributed by atoms with Crippen LogP contribution in [0.25, 0.3) is 0 Å². The number of nitrogens with zero attached hydrogens (tertiary/aromatic N) is 1. The highest BCUT2D eigenvalue weighted by molar-refractivity contribution is 7.80. The van der Waals surface area contributed by atoms with Crippen LogP contribution in [0.4, 0.5) is 13.2 Å². The minimum Gasteiger partial charge on any atom is -0.313 e. The van der Waals surface area contributed by atoms with Gasteiger partial charge in [0.1, 0.15) is 5.69 Å². The van der Waals surface area contributed by atoms with E-state index in [-0.39, 0.29) is 0 Å². The van der Waals surface area contributed by atoms with Gasteiger partial charge in [0.25, 0.3) is 0 Å². The summed E-state index contributed by atoms with van der Waals surface area (Å²) >= 11 is 4.05. The number of thiol groups is 1. The summed E-state index contributed by atoms with van der Waals surface area (Å²) in [6.45, 7) is 1.32. The fourth-order valence-corrected chi connectivity index (χ4v) is 1.29. The van der Waals surface area contributed by atoms with Crippen LogP contribution in [-0.2, 0) is 12.7 Å². The van der Waals surface area contributed by atoms with Crippen molar-refractivity contribution < 1.29 is 13.2 Å². The second-order valence-corrected chi connectivity index (χ2v) is 3.75. The predicted molar refractivity (Wildman–Crippen MR) is 59.4 cm³/mol. The van der Waals surface area contributed by atoms with Crippen molar-refractivity contribution >= 4 is 12.6 Å². The van der Waals surface area contributed by atoms with Crippen LogP contribution in [0, 0.1) is 0 Å². The number of hydrogen-bond acceptors (Lipinski definition) is 3. The largest absolute Gasteiger partial charge is 0.433 e. The Morgan fingerprint density at radius 3 is 2.56 bits per heavy atom. The smallest absolute Gasteiger partial charge is 0.313 e. The van der Waals surface area contributed by atoms with Crippen molar-refractivity contribution in [3.05, 3.63) is 29.6 Å². The normalized spacial score (nSPS) is 11.8. The minimum absolute atomic E-state index is 0.527. The molecule has 0 radical (unpaired) electrons. The quantitative estimate of drug-likeness (QED) is 0.620. The zero-order valence-corrected chi connectivity index (χ0v) is 9.48. The van der Waals surface area contributed by atoms with E-state index >= 15 is 0 Å². The third kappa shape index (κ3) is 4.40. The Morgan fingerprint density at radius 1 is 1.31 bits per heavy atom. The van der Waals surface area contributed by atoms with Crippen molar-refractivity contribution in [3.63, 3.8) is 0 Å². The van der Waals surface area contributed by atoms with Crippen LogP contribution < -0.4 is 5.32 Å². The van der Waals surface area contributed by atoms with Gasteiger partial charge in [0, 0.05) is 12.7 Å². The molecule has 90 valence electrons. The number of nitrogens with one attached hydrogen (secondary N) is 1. The van der Waals surface area contributed by atoms with Crippen molar-refractivity contribution in [2.75, 3.05) is 12.3 Å². The van der Waals surface area contributed by atoms with E-state index in [9.17, 15) is 13.2 Å². The Bertz CT molecular complexity index is 311. The van der Waals surface area contributed by atoms with E-state index in [1.165, 1.54) is 12.3 Å². The molecular formula is C10H13F3N2S. The van der Waals surface area contributed by atoms with E-state index in [1.54, 1.807) is 0 Å². The molecule has 6 heteroatoms. The van der Waals surface area contributed by atoms with Crippen LogP contribution in [0.2, 0.25) is 0 Å². The molecule has 0 aliphatic heterocycles. The van der Waals surface area contributed by atoms with Crippen LogP contribution in [0.1, 0.15) is 17.7 Å². The molecule has 0 amide bonds. The highest BCUT2D eigenvalue weighted by Crippen LogP contribution is 2.27. The van der Waals surface area contributed by atoms with Crippen LogP contribution in [0.15, 0.2) is 18.3 Å². The van der Waals surface area contributed by atoms with E-state index in [2.05, 4.69) is 22.9 Å². The summed E-state index contributed by atoms with van der Waals surface area (Å²) in [7, 11) is 0. The van der Waals surface area contributed by atoms with Gasteiger partial charge in [0.2, 0.25) is 0 Å². The van der Waals surface area contributed by atoms with Crippen LogP contribution >= 0.6 is 12.6 Å². The standard InChI is InChI=1S/C10H13F3N2S/c11-10(12,13)9-3-2-8(7-15-9)6-14-4-1-5-16/h2-3,7,14,16H,1,4-6H2. The molecule has 0 aliphatic carbocycles. The lowest BCUT2D eigenvalue weighted by molar-refractivity contribution is -0.141. The highest BCUT2D eigenvalue weighted by Gasteiger charge is 2.31. The summed E-state index contributed by atoms with van der Waals surface area (Å²) in [5, 5.41) is 3.09. The molecule has 0 spiro atoms. The number of halogens is 3. The van der Waals surface area contributed by atoms with Crippen molar-refractivity contribution in [2.45, 2.75) is 19.1 Å². The van der Waals surface area contributed by atoms with Gasteiger partial charge in [-0.1, -0.05) is 6.07 Å². The first-order valence-electron chi connectivity index (χ1n) is 4.87. The average Bonchev–Trinajstić information content (AvgIpc) is 2.24. The molecule has 0 saturated heterocycles. The first kappa shape index (κ1) is 13.3. The zero-order valence-electron chi connectivity index (χ0n) is 8.59. The van der Waals surface area contributed by atoms with Gasteiger partial charge in [-0.15, -0.1) is 0 Å². The van der Waals surface area contributed by atoms with Gasteiger partial charge in [0.05, 0.1) is 0 Å². The Kier molecular flexibility index (Phi) is 5.08. The Balaban J connectivity index is 2.46. The van der Waals surface area contributed by atoms with Crippen molar-refractivity contribution in [1.82, 2.24) is 10.3 Å². The second kappa shape index (κ2) is 6.10. The Hall–Kier alpha value is -0.750. The van der Waals surface area contributed by atoms with E-state index in [4.69, 9.17) is 0 Å². The SMILES string of the molecule is FC(F)(F)c1ccc(CNCCCS)cn1. The number of pyridine rings is 1. The summed E-state index contributed by atoms with van der Waals surface area (Å²) in [5.41, 5.74) is -0.112. The molecule has 0 saturated carbocycles. The van der Waals surface area contributed by atoms with Gasteiger partial charge in [-0.2, -0.15) is 25.8 Å². The molecule has 0 atom stereocenters. The molecule has 0 aromatic carbocycles. The maximum absolute atomic E-state index is 12.2. The number of aromatic nitrogens is 1. The molecule has 0 fully saturated rings. The van der Waals surface area contributed by atoms with Gasteiger partial charge in [-0.3, -0.25) is 4.98 Å². The molecule has 1 rings (SSSR count). The molecule has 1 aromatic rings. The van der Waals surface area contributed by atoms with Crippen molar-refractivity contribution in [1.29, 1.82) is 0 Å². The van der Waals surface area contributed by atoms with Crippen molar-refractivity contribution in [2.24, 2.45) is 0 Å². The lowest BCUT2D eigenvalue weighted by Gasteiger charge is -2.07. The van der Waals surface area contributed by atoms with Gasteiger partial charge in [-0.05, 0) is 30.3 Å². The number of hydrogen-bond donors (Lipinski definition) is 2. The van der Waals surface area contributed by atoms with E-state index in [0.717, 1.165) is 30.3 Å². The van der Waals surface area contributed by atoms with E-state index < -0.39 is 11.9 Å². The maximum atomic E-state index is 12.2. The van der Waals surface area contributed by atoms with Gasteiger partial charge in [0.15, 0.2) is 0 Å². The average molecular weight is 250 g/mol. The zero-order chi connectivity index (χ0) is 12.0. The Morgan fingerprint density at radius 2 is 2.06 bits per heavy atom. The maximum Gasteiger partial charge on any atom is 0.433 e. The fraction of sp³-hybridized carbons (Fsp3) is 0.500. The second-order valence-electron chi connectivity index (χ2n) is 3.30. The molecule has 0 aliphatic rings. The first-order chi connectivity index (χ1) is 7.54. The number of alkyl halides is 3. The lowest BCUT2D eigenvalue weighted by atomic mass is 10.2. The summed E-state index contributed by atoms with van der Waals surface area (Å²) in [6.07, 6.45) is -2.19. The number of rotatable bonds is 5. The molecule has 1 heterocycles. The van der Waals surface area contributed by atoms with Crippen LogP contribution in [-0.4, -0.2) is 17.3 Å². The third-order valence-corrected chi connectivity index (χ3v) is 2.27. The summed E-state index contributed by atoms with van der Waals surface area (Å²) in [5.74, 6) is 0.790. The molecule has 0 bridgehead atoms. The fourth-order valence-electron chi connectivity index (χ4n) is 1.13. The third-order valence-electron chi connectivity index (χ3n) is 1.96. The summed E-state index contributed by atoms with van der Waals surface area (Å²) in [6, 6.07) is 2.43. The molecule has 0 unspecified atom stereocenters. The van der Waals surface area contributed by atoms with Crippen LogP contribution in [0.5, 0.6) is 0 Å². The molecule has 2 nitrogen and oxygen atoms in total. The first-order valence-corrected chi connectivity index (χ1v) is 5.51. The van der Waals surface area contributed by atoms with E-state index in [0.29, 0.717) is 6.54 Å². The predicted octanol–water partition coefficient (Wildman–Crippen LogP) is 2.51. The molecule has 1 N–H and O–H groups in total.